The van der Waals surface area contributed by atoms with Crippen LogP contribution in [0.5, 0.6) is 0 Å². The lowest BCUT2D eigenvalue weighted by Gasteiger charge is -2.21. The highest BCUT2D eigenvalue weighted by molar-refractivity contribution is 7.14. The molecular weight excluding hydrogens is 422 g/mol. The molecule has 0 saturated carbocycles. The van der Waals surface area contributed by atoms with Crippen LogP contribution in [-0.2, 0) is 11.2 Å². The number of aromatic carboxylic acids is 1. The van der Waals surface area contributed by atoms with Gasteiger partial charge in [-0.25, -0.2) is 4.79 Å². The van der Waals surface area contributed by atoms with Gasteiger partial charge in [-0.2, -0.15) is 0 Å². The van der Waals surface area contributed by atoms with Gasteiger partial charge in [0.25, 0.3) is 0 Å². The Bertz CT molecular complexity index is 1000. The van der Waals surface area contributed by atoms with Gasteiger partial charge in [-0.05, 0) is 49.3 Å². The van der Waals surface area contributed by atoms with Crippen molar-refractivity contribution in [1.82, 2.24) is 4.90 Å². The number of hydrogen-bond donors (Lipinski definition) is 2. The molecule has 1 aliphatic rings. The predicted octanol–water partition coefficient (Wildman–Crippen LogP) is 4.36. The van der Waals surface area contributed by atoms with Crippen LogP contribution < -0.4 is 0 Å². The molecule has 3 atom stereocenters. The highest BCUT2D eigenvalue weighted by Gasteiger charge is 2.28. The number of rotatable bonds is 9. The molecule has 0 radical (unpaired) electrons. The van der Waals surface area contributed by atoms with Crippen LogP contribution in [0.3, 0.4) is 0 Å². The summed E-state index contributed by atoms with van der Waals surface area (Å²) in [5.41, 5.74) is 1.31. The number of benzene rings is 1. The van der Waals surface area contributed by atoms with Crippen LogP contribution in [0.1, 0.15) is 52.7 Å². The first-order chi connectivity index (χ1) is 15.4. The van der Waals surface area contributed by atoms with E-state index in [1.807, 2.05) is 30.4 Å². The summed E-state index contributed by atoms with van der Waals surface area (Å²) >= 11 is 1.12. The van der Waals surface area contributed by atoms with Crippen molar-refractivity contribution in [3.8, 4) is 11.8 Å². The fraction of sp³-hybridized carbons (Fsp3) is 0.385. The molecule has 1 aromatic carbocycles. The molecule has 0 unspecified atom stereocenters. The van der Waals surface area contributed by atoms with Crippen molar-refractivity contribution < 1.29 is 19.8 Å². The van der Waals surface area contributed by atoms with E-state index in [1.54, 1.807) is 11.0 Å². The average molecular weight is 452 g/mol. The minimum absolute atomic E-state index is 0.0525. The second-order valence-electron chi connectivity index (χ2n) is 8.13. The number of carbonyl (C=O) groups is 2. The maximum absolute atomic E-state index is 12.3. The maximum Gasteiger partial charge on any atom is 0.345 e. The Balaban J connectivity index is 1.49. The van der Waals surface area contributed by atoms with Crippen molar-refractivity contribution >= 4 is 23.2 Å². The van der Waals surface area contributed by atoms with Gasteiger partial charge in [-0.3, -0.25) is 4.79 Å². The van der Waals surface area contributed by atoms with E-state index in [1.165, 1.54) is 11.6 Å². The molecule has 2 heterocycles. The molecule has 0 aliphatic carbocycles. The van der Waals surface area contributed by atoms with Crippen LogP contribution in [0.2, 0.25) is 0 Å². The molecule has 1 saturated heterocycles. The fourth-order valence-electron chi connectivity index (χ4n) is 3.77. The SMILES string of the molecule is C[C@@H](CCCc1ccccc1)[C@H](O)/C=C/[C@H]1CCC(=O)N1CC#Cc1ccc(C(=O)O)s1. The summed E-state index contributed by atoms with van der Waals surface area (Å²) in [6.45, 7) is 2.34. The Labute approximate surface area is 193 Å². The first-order valence-electron chi connectivity index (χ1n) is 11.0. The summed E-state index contributed by atoms with van der Waals surface area (Å²) in [6.07, 6.45) is 7.34. The first-order valence-corrected chi connectivity index (χ1v) is 11.8. The van der Waals surface area contributed by atoms with E-state index in [0.717, 1.165) is 30.6 Å². The molecule has 3 rings (SSSR count). The van der Waals surface area contributed by atoms with E-state index in [4.69, 9.17) is 5.11 Å². The number of aryl methyl sites for hydroxylation is 1. The molecule has 6 heteroatoms. The summed E-state index contributed by atoms with van der Waals surface area (Å²) in [6, 6.07) is 13.5. The first kappa shape index (κ1) is 23.8. The zero-order valence-corrected chi connectivity index (χ0v) is 19.1. The Morgan fingerprint density at radius 1 is 1.28 bits per heavy atom. The minimum Gasteiger partial charge on any atom is -0.477 e. The topological polar surface area (TPSA) is 77.8 Å². The molecule has 1 amide bonds. The number of aliphatic hydroxyl groups excluding tert-OH is 1. The number of likely N-dealkylation sites (tertiary alicyclic amines) is 1. The molecule has 168 valence electrons. The van der Waals surface area contributed by atoms with Crippen LogP contribution in [0.25, 0.3) is 0 Å². The van der Waals surface area contributed by atoms with Gasteiger partial charge in [0.2, 0.25) is 5.91 Å². The van der Waals surface area contributed by atoms with Gasteiger partial charge in [0.05, 0.1) is 23.6 Å². The van der Waals surface area contributed by atoms with E-state index >= 15 is 0 Å². The highest BCUT2D eigenvalue weighted by atomic mass is 32.1. The second kappa shape index (κ2) is 11.7. The average Bonchev–Trinajstić information content (AvgIpc) is 3.40. The molecule has 0 spiro atoms. The summed E-state index contributed by atoms with van der Waals surface area (Å²) in [5.74, 6) is 5.16. The largest absolute Gasteiger partial charge is 0.477 e. The third kappa shape index (κ3) is 6.81. The summed E-state index contributed by atoms with van der Waals surface area (Å²) in [7, 11) is 0. The van der Waals surface area contributed by atoms with Crippen LogP contribution in [0.15, 0.2) is 54.6 Å². The number of carbonyl (C=O) groups excluding carboxylic acids is 1. The molecule has 0 bridgehead atoms. The van der Waals surface area contributed by atoms with Gasteiger partial charge >= 0.3 is 5.97 Å². The molecule has 1 fully saturated rings. The van der Waals surface area contributed by atoms with Crippen LogP contribution in [-0.4, -0.2) is 45.7 Å². The van der Waals surface area contributed by atoms with Crippen molar-refractivity contribution in [2.45, 2.75) is 51.2 Å². The molecule has 2 N–H and O–H groups in total. The lowest BCUT2D eigenvalue weighted by atomic mass is 9.95. The maximum atomic E-state index is 12.3. The zero-order chi connectivity index (χ0) is 22.9. The van der Waals surface area contributed by atoms with Gasteiger partial charge in [0, 0.05) is 6.42 Å². The number of hydrogen-bond acceptors (Lipinski definition) is 4. The number of carboxylic acid groups (broad SMARTS) is 1. The van der Waals surface area contributed by atoms with Crippen LogP contribution >= 0.6 is 11.3 Å². The number of aliphatic hydroxyl groups is 1. The van der Waals surface area contributed by atoms with Gasteiger partial charge in [-0.1, -0.05) is 61.2 Å². The Morgan fingerprint density at radius 2 is 2.06 bits per heavy atom. The molecule has 5 nitrogen and oxygen atoms in total. The van der Waals surface area contributed by atoms with E-state index in [2.05, 4.69) is 30.9 Å². The smallest absolute Gasteiger partial charge is 0.345 e. The lowest BCUT2D eigenvalue weighted by Crippen LogP contribution is -2.32. The summed E-state index contributed by atoms with van der Waals surface area (Å²) < 4.78 is 0. The molecule has 2 aromatic rings. The van der Waals surface area contributed by atoms with E-state index in [9.17, 15) is 14.7 Å². The molecule has 1 aromatic heterocycles. The van der Waals surface area contributed by atoms with Gasteiger partial charge in [0.15, 0.2) is 0 Å². The fourth-order valence-corrected chi connectivity index (χ4v) is 4.49. The number of carboxylic acids is 1. The predicted molar refractivity (Wildman–Crippen MR) is 127 cm³/mol. The number of nitrogens with zero attached hydrogens (tertiary/aromatic N) is 1. The number of amides is 1. The van der Waals surface area contributed by atoms with Crippen molar-refractivity contribution in [3.63, 3.8) is 0 Å². The standard InChI is InChI=1S/C26H29NO4S/c1-19(7-5-10-20-8-3-2-4-9-20)23(28)15-12-21-13-17-25(29)27(21)18-6-11-22-14-16-24(32-22)26(30)31/h2-4,8-9,12,14-16,19,21,23,28H,5,7,10,13,17-18H2,1H3,(H,30,31)/b15-12+/t19-,21-,23+/m0/s1. The second-order valence-corrected chi connectivity index (χ2v) is 9.21. The van der Waals surface area contributed by atoms with E-state index in [-0.39, 0.29) is 29.3 Å². The van der Waals surface area contributed by atoms with Gasteiger partial charge in [-0.15, -0.1) is 11.3 Å². The zero-order valence-electron chi connectivity index (χ0n) is 18.2. The summed E-state index contributed by atoms with van der Waals surface area (Å²) in [4.78, 5) is 25.9. The lowest BCUT2D eigenvalue weighted by molar-refractivity contribution is -0.127. The third-order valence-corrected chi connectivity index (χ3v) is 6.72. The van der Waals surface area contributed by atoms with Crippen molar-refractivity contribution in [1.29, 1.82) is 0 Å². The Hall–Kier alpha value is -2.88. The minimum atomic E-state index is -0.962. The van der Waals surface area contributed by atoms with E-state index < -0.39 is 12.1 Å². The molecule has 32 heavy (non-hydrogen) atoms. The monoisotopic (exact) mass is 451 g/mol. The third-order valence-electron chi connectivity index (χ3n) is 5.73. The highest BCUT2D eigenvalue weighted by Crippen LogP contribution is 2.21. The van der Waals surface area contributed by atoms with Gasteiger partial charge in [0.1, 0.15) is 4.88 Å². The van der Waals surface area contributed by atoms with Crippen molar-refractivity contribution in [3.05, 3.63) is 69.9 Å². The normalized spacial score (nSPS) is 17.9. The van der Waals surface area contributed by atoms with Crippen molar-refractivity contribution in [2.24, 2.45) is 5.92 Å². The number of thiophene rings is 1. The molecular formula is C26H29NO4S. The van der Waals surface area contributed by atoms with E-state index in [0.29, 0.717) is 17.7 Å². The Morgan fingerprint density at radius 3 is 2.78 bits per heavy atom. The summed E-state index contributed by atoms with van der Waals surface area (Å²) in [5, 5.41) is 19.5. The van der Waals surface area contributed by atoms with Crippen LogP contribution in [0, 0.1) is 17.8 Å². The quantitative estimate of drug-likeness (QED) is 0.439. The van der Waals surface area contributed by atoms with Gasteiger partial charge < -0.3 is 15.1 Å². The Kier molecular flexibility index (Phi) is 8.66. The van der Waals surface area contributed by atoms with Crippen molar-refractivity contribution in [2.75, 3.05) is 6.54 Å². The molecule has 1 aliphatic heterocycles. The van der Waals surface area contributed by atoms with Crippen LogP contribution in [0.4, 0.5) is 0 Å².